The van der Waals surface area contributed by atoms with Gasteiger partial charge in [-0.3, -0.25) is 9.59 Å². The van der Waals surface area contributed by atoms with Crippen LogP contribution in [0.1, 0.15) is 22.5 Å². The third-order valence-corrected chi connectivity index (χ3v) is 2.11. The second-order valence-corrected chi connectivity index (χ2v) is 3.49. The van der Waals surface area contributed by atoms with Crippen LogP contribution in [0.3, 0.4) is 0 Å². The number of methoxy groups -OCH3 is 1. The molecule has 0 saturated heterocycles. The fraction of sp³-hybridized carbons (Fsp3) is 0.455. The summed E-state index contributed by atoms with van der Waals surface area (Å²) in [6, 6.07) is 3.23. The molecule has 0 saturated carbocycles. The molecule has 5 nitrogen and oxygen atoms in total. The maximum atomic E-state index is 11.6. The van der Waals surface area contributed by atoms with Crippen molar-refractivity contribution in [1.29, 1.82) is 0 Å². The Morgan fingerprint density at radius 1 is 1.50 bits per heavy atom. The number of hydrogen-bond acceptors (Lipinski definition) is 3. The predicted octanol–water partition coefficient (Wildman–Crippen LogP) is 0.450. The third kappa shape index (κ3) is 3.51. The molecule has 88 valence electrons. The lowest BCUT2D eigenvalue weighted by Crippen LogP contribution is -2.30. The number of H-pyrrole nitrogens is 1. The number of aryl methyl sites for hydroxylation is 1. The van der Waals surface area contributed by atoms with E-state index in [4.69, 9.17) is 4.74 Å². The number of pyridine rings is 1. The SMILES string of the molecule is COCCCNC(=O)c1ccc(C)[nH]c1=O. The minimum atomic E-state index is -0.357. The Balaban J connectivity index is 2.56. The van der Waals surface area contributed by atoms with E-state index in [0.29, 0.717) is 13.2 Å². The minimum Gasteiger partial charge on any atom is -0.385 e. The van der Waals surface area contributed by atoms with Crippen LogP contribution < -0.4 is 10.9 Å². The van der Waals surface area contributed by atoms with Gasteiger partial charge in [-0.2, -0.15) is 0 Å². The summed E-state index contributed by atoms with van der Waals surface area (Å²) in [7, 11) is 1.60. The van der Waals surface area contributed by atoms with Crippen molar-refractivity contribution in [3.63, 3.8) is 0 Å². The Bertz CT molecular complexity index is 412. The first-order valence-corrected chi connectivity index (χ1v) is 5.12. The Labute approximate surface area is 93.8 Å². The van der Waals surface area contributed by atoms with Crippen molar-refractivity contribution in [3.05, 3.63) is 33.7 Å². The van der Waals surface area contributed by atoms with Gasteiger partial charge < -0.3 is 15.0 Å². The van der Waals surface area contributed by atoms with Gasteiger partial charge in [0.25, 0.3) is 11.5 Å². The van der Waals surface area contributed by atoms with Crippen molar-refractivity contribution in [2.45, 2.75) is 13.3 Å². The number of amides is 1. The number of ether oxygens (including phenoxy) is 1. The smallest absolute Gasteiger partial charge is 0.260 e. The van der Waals surface area contributed by atoms with Crippen LogP contribution in [0, 0.1) is 6.92 Å². The normalized spacial score (nSPS) is 10.1. The average molecular weight is 224 g/mol. The highest BCUT2D eigenvalue weighted by atomic mass is 16.5. The summed E-state index contributed by atoms with van der Waals surface area (Å²) in [5.41, 5.74) is 0.521. The summed E-state index contributed by atoms with van der Waals surface area (Å²) >= 11 is 0. The fourth-order valence-corrected chi connectivity index (χ4v) is 1.26. The van der Waals surface area contributed by atoms with Gasteiger partial charge in [-0.05, 0) is 25.5 Å². The molecule has 0 aliphatic carbocycles. The van der Waals surface area contributed by atoms with E-state index >= 15 is 0 Å². The summed E-state index contributed by atoms with van der Waals surface area (Å²) in [5, 5.41) is 2.66. The fourth-order valence-electron chi connectivity index (χ4n) is 1.26. The van der Waals surface area contributed by atoms with E-state index < -0.39 is 0 Å². The standard InChI is InChI=1S/C11H16N2O3/c1-8-4-5-9(11(15)13-8)10(14)12-6-3-7-16-2/h4-5H,3,6-7H2,1-2H3,(H,12,14)(H,13,15). The molecule has 1 aromatic rings. The second-order valence-electron chi connectivity index (χ2n) is 3.49. The van der Waals surface area contributed by atoms with Crippen LogP contribution in [0.2, 0.25) is 0 Å². The van der Waals surface area contributed by atoms with E-state index in [-0.39, 0.29) is 17.0 Å². The zero-order chi connectivity index (χ0) is 12.0. The van der Waals surface area contributed by atoms with E-state index in [1.165, 1.54) is 6.07 Å². The first-order valence-electron chi connectivity index (χ1n) is 5.12. The van der Waals surface area contributed by atoms with Crippen LogP contribution in [0.25, 0.3) is 0 Å². The lowest BCUT2D eigenvalue weighted by atomic mass is 10.2. The first kappa shape index (κ1) is 12.4. The molecule has 0 spiro atoms. The van der Waals surface area contributed by atoms with Crippen molar-refractivity contribution in [2.75, 3.05) is 20.3 Å². The minimum absolute atomic E-state index is 0.142. The van der Waals surface area contributed by atoms with Crippen molar-refractivity contribution in [1.82, 2.24) is 10.3 Å². The van der Waals surface area contributed by atoms with Gasteiger partial charge in [0.2, 0.25) is 0 Å². The summed E-state index contributed by atoms with van der Waals surface area (Å²) in [6.07, 6.45) is 0.728. The second kappa shape index (κ2) is 6.07. The lowest BCUT2D eigenvalue weighted by Gasteiger charge is -2.04. The maximum absolute atomic E-state index is 11.6. The molecule has 1 amide bonds. The number of hydrogen-bond donors (Lipinski definition) is 2. The molecule has 1 heterocycles. The maximum Gasteiger partial charge on any atom is 0.260 e. The number of aromatic amines is 1. The summed E-state index contributed by atoms with van der Waals surface area (Å²) < 4.78 is 4.85. The lowest BCUT2D eigenvalue weighted by molar-refractivity contribution is 0.0947. The zero-order valence-corrected chi connectivity index (χ0v) is 9.50. The average Bonchev–Trinajstić information content (AvgIpc) is 2.24. The van der Waals surface area contributed by atoms with Gasteiger partial charge in [-0.15, -0.1) is 0 Å². The third-order valence-electron chi connectivity index (χ3n) is 2.11. The van der Waals surface area contributed by atoms with Crippen LogP contribution in [-0.4, -0.2) is 31.2 Å². The monoisotopic (exact) mass is 224 g/mol. The van der Waals surface area contributed by atoms with Crippen LogP contribution in [-0.2, 0) is 4.74 Å². The van der Waals surface area contributed by atoms with Gasteiger partial charge in [-0.1, -0.05) is 0 Å². The Kier molecular flexibility index (Phi) is 4.72. The molecule has 0 aromatic carbocycles. The molecule has 0 aliphatic heterocycles. The molecule has 2 N–H and O–H groups in total. The van der Waals surface area contributed by atoms with E-state index in [1.807, 2.05) is 0 Å². The van der Waals surface area contributed by atoms with Gasteiger partial charge in [0.1, 0.15) is 5.56 Å². The summed E-state index contributed by atoms with van der Waals surface area (Å²) in [4.78, 5) is 25.6. The highest BCUT2D eigenvalue weighted by molar-refractivity contribution is 5.93. The van der Waals surface area contributed by atoms with Gasteiger partial charge in [0.05, 0.1) is 0 Å². The number of nitrogens with one attached hydrogen (secondary N) is 2. The highest BCUT2D eigenvalue weighted by Gasteiger charge is 2.08. The Hall–Kier alpha value is -1.62. The molecule has 0 radical (unpaired) electrons. The van der Waals surface area contributed by atoms with Gasteiger partial charge in [0, 0.05) is 26.0 Å². The van der Waals surface area contributed by atoms with Crippen LogP contribution in [0.4, 0.5) is 0 Å². The van der Waals surface area contributed by atoms with Crippen molar-refractivity contribution < 1.29 is 9.53 Å². The number of carbonyl (C=O) groups is 1. The van der Waals surface area contributed by atoms with E-state index in [2.05, 4.69) is 10.3 Å². The molecule has 0 bridgehead atoms. The molecule has 1 rings (SSSR count). The predicted molar refractivity (Wildman–Crippen MR) is 60.6 cm³/mol. The van der Waals surface area contributed by atoms with Gasteiger partial charge in [0.15, 0.2) is 0 Å². The van der Waals surface area contributed by atoms with Crippen molar-refractivity contribution in [3.8, 4) is 0 Å². The van der Waals surface area contributed by atoms with Crippen LogP contribution >= 0.6 is 0 Å². The molecule has 16 heavy (non-hydrogen) atoms. The topological polar surface area (TPSA) is 71.2 Å². The zero-order valence-electron chi connectivity index (χ0n) is 9.50. The number of rotatable bonds is 5. The molecular formula is C11H16N2O3. The molecule has 0 fully saturated rings. The van der Waals surface area contributed by atoms with Gasteiger partial charge >= 0.3 is 0 Å². The van der Waals surface area contributed by atoms with Crippen LogP contribution in [0.5, 0.6) is 0 Å². The highest BCUT2D eigenvalue weighted by Crippen LogP contribution is 1.93. The molecule has 5 heteroatoms. The number of aromatic nitrogens is 1. The molecule has 0 aliphatic rings. The largest absolute Gasteiger partial charge is 0.385 e. The molecular weight excluding hydrogens is 208 g/mol. The van der Waals surface area contributed by atoms with Crippen molar-refractivity contribution in [2.24, 2.45) is 0 Å². The summed E-state index contributed by atoms with van der Waals surface area (Å²) in [5.74, 6) is -0.350. The van der Waals surface area contributed by atoms with Gasteiger partial charge in [-0.25, -0.2) is 0 Å². The Morgan fingerprint density at radius 3 is 2.88 bits per heavy atom. The molecule has 1 aromatic heterocycles. The molecule has 0 unspecified atom stereocenters. The number of carbonyl (C=O) groups excluding carboxylic acids is 1. The quantitative estimate of drug-likeness (QED) is 0.713. The van der Waals surface area contributed by atoms with E-state index in [1.54, 1.807) is 20.1 Å². The van der Waals surface area contributed by atoms with E-state index in [9.17, 15) is 9.59 Å². The Morgan fingerprint density at radius 2 is 2.25 bits per heavy atom. The van der Waals surface area contributed by atoms with Crippen LogP contribution in [0.15, 0.2) is 16.9 Å². The van der Waals surface area contributed by atoms with E-state index in [0.717, 1.165) is 12.1 Å². The summed E-state index contributed by atoms with van der Waals surface area (Å²) in [6.45, 7) is 2.85. The first-order chi connectivity index (χ1) is 7.65. The molecule has 0 atom stereocenters. The van der Waals surface area contributed by atoms with Crippen molar-refractivity contribution >= 4 is 5.91 Å².